The molecule has 0 unspecified atom stereocenters. The van der Waals surface area contributed by atoms with Crippen molar-refractivity contribution in [3.05, 3.63) is 265 Å². The fraction of sp³-hybridized carbons (Fsp3) is 0.143. The summed E-state index contributed by atoms with van der Waals surface area (Å²) in [6, 6.07) is 88.0. The third kappa shape index (κ3) is 10.6. The van der Waals surface area contributed by atoms with E-state index in [4.69, 9.17) is 0 Å². The maximum atomic E-state index is 12.3. The van der Waals surface area contributed by atoms with Crippen molar-refractivity contribution in [2.24, 2.45) is 0 Å². The number of hydrogen-bond acceptors (Lipinski definition) is 4. The van der Waals surface area contributed by atoms with E-state index in [1.54, 1.807) is 0 Å². The van der Waals surface area contributed by atoms with Crippen LogP contribution >= 0.6 is 0 Å². The van der Waals surface area contributed by atoms with Crippen molar-refractivity contribution in [1.82, 2.24) is 0 Å². The summed E-state index contributed by atoms with van der Waals surface area (Å²) < 4.78 is 0. The van der Waals surface area contributed by atoms with Gasteiger partial charge in [-0.3, -0.25) is 0 Å². The summed E-state index contributed by atoms with van der Waals surface area (Å²) in [7, 11) is -2.81. The van der Waals surface area contributed by atoms with Crippen LogP contribution in [0, 0.1) is 27.7 Å². The monoisotopic (exact) mass is 994 g/mol. The molecule has 0 atom stereocenters. The average molecular weight is 994 g/mol. The lowest BCUT2D eigenvalue weighted by atomic mass is 10.00. The zero-order valence-electron chi connectivity index (χ0n) is 44.5. The Balaban J connectivity index is 1.01. The highest BCUT2D eigenvalue weighted by molar-refractivity contribution is 6.87. The van der Waals surface area contributed by atoms with Crippen LogP contribution in [-0.4, -0.2) is 13.1 Å². The first-order valence-electron chi connectivity index (χ1n) is 26.3. The standard InChI is InChI=1S/C70H67N3OSi/c1-49(2)75(74,50(3)4)68-13-11-12-59(48-68)69-14-9-10-15-70(69)73(66-44-28-57(29-45-66)55-24-40-64(41-25-55)71(60-32-16-51(5)17-33-60)61-34-18-52(6)19-35-61)67-46-30-58(31-47-67)56-26-42-65(43-27-56)72(62-36-20-53(7)21-37-62)63-38-22-54(8)23-39-63/h9-50,74H,1-8H3. The van der Waals surface area contributed by atoms with Gasteiger partial charge < -0.3 is 19.5 Å². The van der Waals surface area contributed by atoms with Gasteiger partial charge in [-0.05, 0) is 175 Å². The fourth-order valence-electron chi connectivity index (χ4n) is 10.5. The minimum Gasteiger partial charge on any atom is -0.427 e. The van der Waals surface area contributed by atoms with Crippen LogP contribution in [-0.2, 0) is 0 Å². The van der Waals surface area contributed by atoms with Crippen molar-refractivity contribution in [2.75, 3.05) is 14.7 Å². The van der Waals surface area contributed by atoms with E-state index in [9.17, 15) is 4.80 Å². The maximum Gasteiger partial charge on any atom is 0.225 e. The summed E-state index contributed by atoms with van der Waals surface area (Å²) in [6.45, 7) is 17.2. The quantitative estimate of drug-likeness (QED) is 0.104. The van der Waals surface area contributed by atoms with E-state index in [2.05, 4.69) is 313 Å². The summed E-state index contributed by atoms with van der Waals surface area (Å²) in [5.41, 5.74) is 21.9. The first kappa shape index (κ1) is 50.3. The van der Waals surface area contributed by atoms with Crippen LogP contribution in [0.5, 0.6) is 0 Å². The zero-order chi connectivity index (χ0) is 52.2. The van der Waals surface area contributed by atoms with Crippen LogP contribution in [0.3, 0.4) is 0 Å². The number of benzene rings is 10. The van der Waals surface area contributed by atoms with Crippen LogP contribution in [0.15, 0.2) is 243 Å². The molecule has 0 saturated carbocycles. The molecule has 0 aliphatic rings. The van der Waals surface area contributed by atoms with Gasteiger partial charge in [0.05, 0.1) is 5.69 Å². The molecule has 0 aliphatic carbocycles. The minimum absolute atomic E-state index is 0.171. The molecule has 0 fully saturated rings. The van der Waals surface area contributed by atoms with Gasteiger partial charge in [-0.1, -0.05) is 189 Å². The van der Waals surface area contributed by atoms with Crippen LogP contribution in [0.25, 0.3) is 33.4 Å². The molecule has 372 valence electrons. The number of hydrogen-bond donors (Lipinski definition) is 1. The molecular weight excluding hydrogens is 927 g/mol. The van der Waals surface area contributed by atoms with E-state index >= 15 is 0 Å². The molecule has 5 heteroatoms. The van der Waals surface area contributed by atoms with Gasteiger partial charge in [0.1, 0.15) is 0 Å². The molecule has 0 aromatic heterocycles. The lowest BCUT2D eigenvalue weighted by Gasteiger charge is -2.34. The van der Waals surface area contributed by atoms with E-state index < -0.39 is 8.32 Å². The van der Waals surface area contributed by atoms with Crippen molar-refractivity contribution in [3.8, 4) is 33.4 Å². The van der Waals surface area contributed by atoms with E-state index in [-0.39, 0.29) is 11.1 Å². The van der Waals surface area contributed by atoms with Gasteiger partial charge in [-0.2, -0.15) is 0 Å². The Morgan fingerprint density at radius 2 is 0.573 bits per heavy atom. The minimum atomic E-state index is -2.81. The number of nitrogens with zero attached hydrogens (tertiary/aromatic N) is 3. The fourth-order valence-corrected chi connectivity index (χ4v) is 13.9. The van der Waals surface area contributed by atoms with Gasteiger partial charge >= 0.3 is 0 Å². The van der Waals surface area contributed by atoms with Crippen molar-refractivity contribution in [2.45, 2.75) is 66.5 Å². The van der Waals surface area contributed by atoms with E-state index in [1.807, 2.05) is 0 Å². The molecule has 10 aromatic rings. The number of anilines is 9. The van der Waals surface area contributed by atoms with Crippen LogP contribution in [0.1, 0.15) is 49.9 Å². The first-order valence-corrected chi connectivity index (χ1v) is 28.4. The predicted molar refractivity (Wildman–Crippen MR) is 324 cm³/mol. The molecule has 4 nitrogen and oxygen atoms in total. The Morgan fingerprint density at radius 3 is 0.880 bits per heavy atom. The summed E-state index contributed by atoms with van der Waals surface area (Å²) >= 11 is 0. The zero-order valence-corrected chi connectivity index (χ0v) is 45.5. The third-order valence-corrected chi connectivity index (χ3v) is 19.6. The third-order valence-electron chi connectivity index (χ3n) is 14.9. The van der Waals surface area contributed by atoms with Gasteiger partial charge in [0.25, 0.3) is 0 Å². The van der Waals surface area contributed by atoms with Crippen molar-refractivity contribution < 1.29 is 4.80 Å². The highest BCUT2D eigenvalue weighted by Gasteiger charge is 2.40. The van der Waals surface area contributed by atoms with Crippen molar-refractivity contribution in [1.29, 1.82) is 0 Å². The van der Waals surface area contributed by atoms with Crippen LogP contribution < -0.4 is 19.9 Å². The summed E-state index contributed by atoms with van der Waals surface area (Å²) in [6.07, 6.45) is 0. The Hall–Kier alpha value is -8.22. The van der Waals surface area contributed by atoms with Gasteiger partial charge in [0.15, 0.2) is 0 Å². The number of rotatable bonds is 15. The Morgan fingerprint density at radius 1 is 0.293 bits per heavy atom. The molecular formula is C70H67N3OSi. The molecule has 10 rings (SSSR count). The Kier molecular flexibility index (Phi) is 14.6. The van der Waals surface area contributed by atoms with Gasteiger partial charge in [0, 0.05) is 51.1 Å². The topological polar surface area (TPSA) is 30.0 Å². The predicted octanol–water partition coefficient (Wildman–Crippen LogP) is 19.3. The lowest BCUT2D eigenvalue weighted by Crippen LogP contribution is -2.53. The maximum absolute atomic E-state index is 12.3. The van der Waals surface area contributed by atoms with Crippen LogP contribution in [0.4, 0.5) is 51.2 Å². The van der Waals surface area contributed by atoms with E-state index in [0.29, 0.717) is 0 Å². The van der Waals surface area contributed by atoms with E-state index in [0.717, 1.165) is 89.8 Å². The molecule has 0 bridgehead atoms. The summed E-state index contributed by atoms with van der Waals surface area (Å²) in [4.78, 5) is 19.3. The second-order valence-electron chi connectivity index (χ2n) is 20.8. The highest BCUT2D eigenvalue weighted by Crippen LogP contribution is 2.44. The summed E-state index contributed by atoms with van der Waals surface area (Å²) in [5, 5.41) is 1.07. The molecule has 0 spiro atoms. The summed E-state index contributed by atoms with van der Waals surface area (Å²) in [5.74, 6) is 0. The Labute approximate surface area is 446 Å². The van der Waals surface area contributed by atoms with Gasteiger partial charge in [0.2, 0.25) is 8.32 Å². The lowest BCUT2D eigenvalue weighted by molar-refractivity contribution is 0.513. The number of aryl methyl sites for hydroxylation is 4. The molecule has 10 aromatic carbocycles. The molecule has 0 heterocycles. The second kappa shape index (κ2) is 21.7. The van der Waals surface area contributed by atoms with Crippen molar-refractivity contribution >= 4 is 64.7 Å². The van der Waals surface area contributed by atoms with Crippen molar-refractivity contribution in [3.63, 3.8) is 0 Å². The van der Waals surface area contributed by atoms with Gasteiger partial charge in [-0.25, -0.2) is 0 Å². The smallest absolute Gasteiger partial charge is 0.225 e. The first-order chi connectivity index (χ1) is 36.3. The van der Waals surface area contributed by atoms with Crippen LogP contribution in [0.2, 0.25) is 11.1 Å². The Bertz CT molecular complexity index is 3210. The molecule has 0 saturated heterocycles. The second-order valence-corrected chi connectivity index (χ2v) is 25.3. The molecule has 75 heavy (non-hydrogen) atoms. The molecule has 1 N–H and O–H groups in total. The highest BCUT2D eigenvalue weighted by atomic mass is 28.4. The van der Waals surface area contributed by atoms with E-state index in [1.165, 1.54) is 22.3 Å². The normalized spacial score (nSPS) is 11.5. The molecule has 0 aliphatic heterocycles. The largest absolute Gasteiger partial charge is 0.427 e. The average Bonchev–Trinajstić information content (AvgIpc) is 3.44. The molecule has 0 radical (unpaired) electrons. The van der Waals surface area contributed by atoms with Gasteiger partial charge in [-0.15, -0.1) is 0 Å². The number of para-hydroxylation sites is 1. The SMILES string of the molecule is Cc1ccc(N(c2ccc(C)cc2)c2ccc(-c3ccc(N(c4ccc(-c5ccc(N(c6ccc(C)cc6)c6ccc(C)cc6)cc5)cc4)c4ccccc4-c4cccc([Si](O)(C(C)C)C(C)C)c4)cc3)cc2)cc1. The molecule has 0 amide bonds.